The number of anilines is 1. The molecule has 0 amide bonds. The Morgan fingerprint density at radius 1 is 1.54 bits per heavy atom. The molecule has 0 saturated carbocycles. The lowest BCUT2D eigenvalue weighted by Crippen LogP contribution is -2.02. The zero-order valence-electron chi connectivity index (χ0n) is 8.38. The SMILES string of the molecule is C=CCCCn1nc(C)c(N)c1C. The van der Waals surface area contributed by atoms with Crippen LogP contribution in [0.1, 0.15) is 24.2 Å². The fourth-order valence-electron chi connectivity index (χ4n) is 1.31. The van der Waals surface area contributed by atoms with E-state index in [1.807, 2.05) is 24.6 Å². The van der Waals surface area contributed by atoms with Gasteiger partial charge in [0.2, 0.25) is 0 Å². The van der Waals surface area contributed by atoms with Gasteiger partial charge in [-0.25, -0.2) is 0 Å². The molecule has 1 heterocycles. The maximum absolute atomic E-state index is 5.80. The van der Waals surface area contributed by atoms with E-state index in [1.54, 1.807) is 0 Å². The molecule has 0 aliphatic heterocycles. The van der Waals surface area contributed by atoms with Crippen LogP contribution in [0.15, 0.2) is 12.7 Å². The van der Waals surface area contributed by atoms with Crippen molar-refractivity contribution in [3.05, 3.63) is 24.0 Å². The number of unbranched alkanes of at least 4 members (excludes halogenated alkanes) is 1. The molecule has 3 nitrogen and oxygen atoms in total. The Hall–Kier alpha value is -1.25. The summed E-state index contributed by atoms with van der Waals surface area (Å²) in [6.07, 6.45) is 4.03. The van der Waals surface area contributed by atoms with Crippen LogP contribution in [-0.4, -0.2) is 9.78 Å². The van der Waals surface area contributed by atoms with E-state index in [9.17, 15) is 0 Å². The van der Waals surface area contributed by atoms with Gasteiger partial charge in [-0.2, -0.15) is 5.10 Å². The van der Waals surface area contributed by atoms with Crippen LogP contribution < -0.4 is 5.73 Å². The summed E-state index contributed by atoms with van der Waals surface area (Å²) < 4.78 is 1.97. The number of rotatable bonds is 4. The van der Waals surface area contributed by atoms with Crippen molar-refractivity contribution in [3.8, 4) is 0 Å². The Labute approximate surface area is 79.2 Å². The number of nitrogens with two attached hydrogens (primary N) is 1. The first-order chi connectivity index (χ1) is 6.16. The van der Waals surface area contributed by atoms with Gasteiger partial charge < -0.3 is 5.73 Å². The van der Waals surface area contributed by atoms with Crippen LogP contribution in [-0.2, 0) is 6.54 Å². The van der Waals surface area contributed by atoms with Crippen LogP contribution in [0.25, 0.3) is 0 Å². The molecule has 0 aromatic carbocycles. The lowest BCUT2D eigenvalue weighted by atomic mass is 10.3. The lowest BCUT2D eigenvalue weighted by molar-refractivity contribution is 0.567. The summed E-state index contributed by atoms with van der Waals surface area (Å²) in [6.45, 7) is 8.55. The molecule has 2 N–H and O–H groups in total. The molecule has 72 valence electrons. The molecule has 1 rings (SSSR count). The molecule has 13 heavy (non-hydrogen) atoms. The number of nitrogen functional groups attached to an aromatic ring is 1. The molecule has 0 radical (unpaired) electrons. The predicted octanol–water partition coefficient (Wildman–Crippen LogP) is 2.05. The Morgan fingerprint density at radius 3 is 2.69 bits per heavy atom. The monoisotopic (exact) mass is 179 g/mol. The molecule has 0 unspecified atom stereocenters. The first kappa shape index (κ1) is 9.84. The molecule has 3 heteroatoms. The first-order valence-corrected chi connectivity index (χ1v) is 4.57. The maximum atomic E-state index is 5.80. The molecule has 0 spiro atoms. The molecule has 0 saturated heterocycles. The number of nitrogens with zero attached hydrogens (tertiary/aromatic N) is 2. The highest BCUT2D eigenvalue weighted by molar-refractivity contribution is 5.46. The first-order valence-electron chi connectivity index (χ1n) is 4.57. The molecule has 0 atom stereocenters. The van der Waals surface area contributed by atoms with Crippen molar-refractivity contribution in [2.45, 2.75) is 33.2 Å². The van der Waals surface area contributed by atoms with Gasteiger partial charge in [-0.05, 0) is 26.7 Å². The third kappa shape index (κ3) is 2.11. The molecule has 0 aliphatic rings. The van der Waals surface area contributed by atoms with Crippen molar-refractivity contribution < 1.29 is 0 Å². The summed E-state index contributed by atoms with van der Waals surface area (Å²) in [5, 5.41) is 4.34. The van der Waals surface area contributed by atoms with Crippen molar-refractivity contribution in [3.63, 3.8) is 0 Å². The van der Waals surface area contributed by atoms with Gasteiger partial charge in [0, 0.05) is 6.54 Å². The van der Waals surface area contributed by atoms with Gasteiger partial charge in [0.15, 0.2) is 0 Å². The van der Waals surface area contributed by atoms with E-state index in [4.69, 9.17) is 5.73 Å². The highest BCUT2D eigenvalue weighted by Crippen LogP contribution is 2.15. The minimum absolute atomic E-state index is 0.818. The summed E-state index contributed by atoms with van der Waals surface area (Å²) in [5.41, 5.74) is 8.62. The van der Waals surface area contributed by atoms with Crippen molar-refractivity contribution in [1.82, 2.24) is 9.78 Å². The highest BCUT2D eigenvalue weighted by Gasteiger charge is 2.06. The Balaban J connectivity index is 2.66. The highest BCUT2D eigenvalue weighted by atomic mass is 15.3. The second-order valence-corrected chi connectivity index (χ2v) is 3.24. The summed E-state index contributed by atoms with van der Waals surface area (Å²) in [7, 11) is 0. The van der Waals surface area contributed by atoms with E-state index < -0.39 is 0 Å². The van der Waals surface area contributed by atoms with Gasteiger partial charge in [0.1, 0.15) is 0 Å². The molecule has 0 bridgehead atoms. The van der Waals surface area contributed by atoms with E-state index in [1.165, 1.54) is 0 Å². The minimum atomic E-state index is 0.818. The molecule has 0 fully saturated rings. The number of aromatic nitrogens is 2. The van der Waals surface area contributed by atoms with Crippen LogP contribution >= 0.6 is 0 Å². The number of hydrogen-bond acceptors (Lipinski definition) is 2. The minimum Gasteiger partial charge on any atom is -0.396 e. The summed E-state index contributed by atoms with van der Waals surface area (Å²) in [6, 6.07) is 0. The number of aryl methyl sites for hydroxylation is 2. The Kier molecular flexibility index (Phi) is 3.12. The average molecular weight is 179 g/mol. The second kappa shape index (κ2) is 4.12. The van der Waals surface area contributed by atoms with Crippen molar-refractivity contribution >= 4 is 5.69 Å². The number of hydrogen-bond donors (Lipinski definition) is 1. The standard InChI is InChI=1S/C10H17N3/c1-4-5-6-7-13-9(3)10(11)8(2)12-13/h4H,1,5-7,11H2,2-3H3. The zero-order chi connectivity index (χ0) is 9.84. The largest absolute Gasteiger partial charge is 0.396 e. The predicted molar refractivity (Wildman–Crippen MR) is 55.5 cm³/mol. The van der Waals surface area contributed by atoms with Crippen LogP contribution in [0.5, 0.6) is 0 Å². The Morgan fingerprint density at radius 2 is 2.23 bits per heavy atom. The fraction of sp³-hybridized carbons (Fsp3) is 0.500. The average Bonchev–Trinajstić information content (AvgIpc) is 2.34. The molecule has 1 aromatic rings. The Bertz CT molecular complexity index is 299. The molecule has 1 aromatic heterocycles. The van der Waals surface area contributed by atoms with Crippen molar-refractivity contribution in [2.24, 2.45) is 0 Å². The zero-order valence-corrected chi connectivity index (χ0v) is 8.38. The van der Waals surface area contributed by atoms with Gasteiger partial charge in [-0.15, -0.1) is 6.58 Å². The summed E-state index contributed by atoms with van der Waals surface area (Å²) in [4.78, 5) is 0. The second-order valence-electron chi connectivity index (χ2n) is 3.24. The van der Waals surface area contributed by atoms with Crippen LogP contribution in [0.4, 0.5) is 5.69 Å². The van der Waals surface area contributed by atoms with Crippen LogP contribution in [0, 0.1) is 13.8 Å². The van der Waals surface area contributed by atoms with E-state index in [0.29, 0.717) is 0 Å². The number of allylic oxidation sites excluding steroid dienone is 1. The smallest absolute Gasteiger partial charge is 0.0825 e. The summed E-state index contributed by atoms with van der Waals surface area (Å²) >= 11 is 0. The third-order valence-electron chi connectivity index (χ3n) is 2.22. The fourth-order valence-corrected chi connectivity index (χ4v) is 1.31. The van der Waals surface area contributed by atoms with E-state index in [0.717, 1.165) is 36.5 Å². The third-order valence-corrected chi connectivity index (χ3v) is 2.22. The van der Waals surface area contributed by atoms with Gasteiger partial charge in [0.25, 0.3) is 0 Å². The molecular formula is C10H17N3. The van der Waals surface area contributed by atoms with Crippen LogP contribution in [0.2, 0.25) is 0 Å². The van der Waals surface area contributed by atoms with Gasteiger partial charge in [0.05, 0.1) is 17.1 Å². The summed E-state index contributed by atoms with van der Waals surface area (Å²) in [5.74, 6) is 0. The van der Waals surface area contributed by atoms with Crippen LogP contribution in [0.3, 0.4) is 0 Å². The maximum Gasteiger partial charge on any atom is 0.0825 e. The van der Waals surface area contributed by atoms with E-state index in [-0.39, 0.29) is 0 Å². The lowest BCUT2D eigenvalue weighted by Gasteiger charge is -2.02. The normalized spacial score (nSPS) is 10.3. The van der Waals surface area contributed by atoms with Gasteiger partial charge in [-0.3, -0.25) is 4.68 Å². The quantitative estimate of drug-likeness (QED) is 0.568. The topological polar surface area (TPSA) is 43.8 Å². The van der Waals surface area contributed by atoms with E-state index in [2.05, 4.69) is 11.7 Å². The van der Waals surface area contributed by atoms with E-state index >= 15 is 0 Å². The van der Waals surface area contributed by atoms with Gasteiger partial charge >= 0.3 is 0 Å². The molecular weight excluding hydrogens is 162 g/mol. The van der Waals surface area contributed by atoms with Crippen molar-refractivity contribution in [2.75, 3.05) is 5.73 Å². The van der Waals surface area contributed by atoms with Crippen molar-refractivity contribution in [1.29, 1.82) is 0 Å². The van der Waals surface area contributed by atoms with Gasteiger partial charge in [-0.1, -0.05) is 6.08 Å². The molecule has 0 aliphatic carbocycles.